The first-order chi connectivity index (χ1) is 5.83. The van der Waals surface area contributed by atoms with Crippen molar-refractivity contribution in [3.63, 3.8) is 0 Å². The van der Waals surface area contributed by atoms with Crippen molar-refractivity contribution in [2.45, 2.75) is 0 Å². The summed E-state index contributed by atoms with van der Waals surface area (Å²) in [4.78, 5) is 2.97. The zero-order chi connectivity index (χ0) is 8.55. The van der Waals surface area contributed by atoms with Crippen LogP contribution >= 0.6 is 11.6 Å². The monoisotopic (exact) mass is 176 g/mol. The van der Waals surface area contributed by atoms with Crippen LogP contribution in [0.3, 0.4) is 0 Å². The number of rotatable bonds is 0. The van der Waals surface area contributed by atoms with Crippen LogP contribution in [0.5, 0.6) is 0 Å². The summed E-state index contributed by atoms with van der Waals surface area (Å²) >= 11 is 5.91. The van der Waals surface area contributed by atoms with Crippen molar-refractivity contribution < 1.29 is 0 Å². The maximum Gasteiger partial charge on any atom is 0.101 e. The molecule has 0 spiro atoms. The number of nitriles is 1. The fourth-order valence-corrected chi connectivity index (χ4v) is 1.50. The molecule has 1 N–H and O–H groups in total. The molecule has 0 radical (unpaired) electrons. The smallest absolute Gasteiger partial charge is 0.101 e. The topological polar surface area (TPSA) is 39.6 Å². The van der Waals surface area contributed by atoms with E-state index in [1.165, 1.54) is 0 Å². The van der Waals surface area contributed by atoms with Gasteiger partial charge in [0.2, 0.25) is 0 Å². The predicted molar refractivity (Wildman–Crippen MR) is 48.0 cm³/mol. The molecule has 0 bridgehead atoms. The van der Waals surface area contributed by atoms with Crippen molar-refractivity contribution in [1.29, 1.82) is 5.26 Å². The van der Waals surface area contributed by atoms with Gasteiger partial charge in [-0.15, -0.1) is 0 Å². The molecule has 0 aliphatic rings. The molecule has 0 atom stereocenters. The lowest BCUT2D eigenvalue weighted by molar-refractivity contribution is 1.45. The normalized spacial score (nSPS) is 10.0. The van der Waals surface area contributed by atoms with E-state index in [0.717, 1.165) is 10.9 Å². The van der Waals surface area contributed by atoms with Gasteiger partial charge in [0.15, 0.2) is 0 Å². The van der Waals surface area contributed by atoms with Gasteiger partial charge in [0, 0.05) is 17.1 Å². The average molecular weight is 177 g/mol. The minimum absolute atomic E-state index is 0.593. The number of aromatic nitrogens is 1. The number of hydrogen-bond acceptors (Lipinski definition) is 1. The van der Waals surface area contributed by atoms with Crippen molar-refractivity contribution in [2.24, 2.45) is 0 Å². The second-order valence-electron chi connectivity index (χ2n) is 2.48. The van der Waals surface area contributed by atoms with E-state index in [1.807, 2.05) is 12.1 Å². The zero-order valence-electron chi connectivity index (χ0n) is 6.13. The first-order valence-electron chi connectivity index (χ1n) is 3.48. The molecule has 12 heavy (non-hydrogen) atoms. The third kappa shape index (κ3) is 0.876. The van der Waals surface area contributed by atoms with Crippen LogP contribution in [0.25, 0.3) is 10.9 Å². The lowest BCUT2D eigenvalue weighted by atomic mass is 10.2. The fourth-order valence-electron chi connectivity index (χ4n) is 1.23. The molecule has 0 unspecified atom stereocenters. The first-order valence-corrected chi connectivity index (χ1v) is 3.86. The first kappa shape index (κ1) is 7.20. The van der Waals surface area contributed by atoms with Crippen LogP contribution in [0.4, 0.5) is 0 Å². The quantitative estimate of drug-likeness (QED) is 0.659. The molecule has 0 fully saturated rings. The lowest BCUT2D eigenvalue weighted by Gasteiger charge is -1.91. The molecule has 3 heteroatoms. The molecule has 2 aromatic rings. The van der Waals surface area contributed by atoms with Gasteiger partial charge in [-0.3, -0.25) is 0 Å². The summed E-state index contributed by atoms with van der Waals surface area (Å²) in [5.41, 5.74) is 1.50. The van der Waals surface area contributed by atoms with Crippen molar-refractivity contribution in [2.75, 3.05) is 0 Å². The summed E-state index contributed by atoms with van der Waals surface area (Å²) in [6, 6.07) is 7.59. The molecule has 1 aromatic heterocycles. The Kier molecular flexibility index (Phi) is 1.53. The molecule has 0 saturated heterocycles. The second-order valence-corrected chi connectivity index (χ2v) is 2.88. The summed E-state index contributed by atoms with van der Waals surface area (Å²) in [5, 5.41) is 10.1. The number of hydrogen-bond donors (Lipinski definition) is 1. The molecule has 1 aromatic carbocycles. The van der Waals surface area contributed by atoms with Crippen molar-refractivity contribution >= 4 is 22.5 Å². The summed E-state index contributed by atoms with van der Waals surface area (Å²) in [5.74, 6) is 0. The Hall–Kier alpha value is -1.46. The number of nitrogens with one attached hydrogen (secondary N) is 1. The van der Waals surface area contributed by atoms with E-state index >= 15 is 0 Å². The predicted octanol–water partition coefficient (Wildman–Crippen LogP) is 2.69. The Morgan fingerprint density at radius 2 is 2.25 bits per heavy atom. The molecular formula is C9H5ClN2. The van der Waals surface area contributed by atoms with Crippen LogP contribution < -0.4 is 0 Å². The maximum absolute atomic E-state index is 8.72. The molecular weight excluding hydrogens is 172 g/mol. The van der Waals surface area contributed by atoms with Gasteiger partial charge in [-0.25, -0.2) is 0 Å². The minimum Gasteiger partial charge on any atom is -0.360 e. The third-order valence-electron chi connectivity index (χ3n) is 1.78. The van der Waals surface area contributed by atoms with Crippen molar-refractivity contribution in [1.82, 2.24) is 4.98 Å². The van der Waals surface area contributed by atoms with E-state index < -0.39 is 0 Å². The molecule has 1 heterocycles. The molecule has 0 saturated carbocycles. The van der Waals surface area contributed by atoms with Gasteiger partial charge in [-0.1, -0.05) is 17.7 Å². The van der Waals surface area contributed by atoms with Crippen LogP contribution in [0.1, 0.15) is 5.56 Å². The Morgan fingerprint density at radius 3 is 3.00 bits per heavy atom. The SMILES string of the molecule is N#Cc1c[nH]c2cccc(Cl)c12. The van der Waals surface area contributed by atoms with Crippen LogP contribution in [0.2, 0.25) is 5.02 Å². The van der Waals surface area contributed by atoms with Gasteiger partial charge < -0.3 is 4.98 Å². The van der Waals surface area contributed by atoms with E-state index in [-0.39, 0.29) is 0 Å². The molecule has 58 valence electrons. The molecule has 0 amide bonds. The minimum atomic E-state index is 0.593. The number of aromatic amines is 1. The number of fused-ring (bicyclic) bond motifs is 1. The fraction of sp³-hybridized carbons (Fsp3) is 0. The number of benzene rings is 1. The van der Waals surface area contributed by atoms with Gasteiger partial charge in [0.05, 0.1) is 10.6 Å². The van der Waals surface area contributed by atoms with Gasteiger partial charge in [-0.05, 0) is 12.1 Å². The van der Waals surface area contributed by atoms with E-state index in [1.54, 1.807) is 12.3 Å². The van der Waals surface area contributed by atoms with Crippen molar-refractivity contribution in [3.8, 4) is 6.07 Å². The molecule has 0 aliphatic heterocycles. The standard InChI is InChI=1S/C9H5ClN2/c10-7-2-1-3-8-9(7)6(4-11)5-12-8/h1-3,5,12H. The Balaban J connectivity index is 2.95. The Morgan fingerprint density at radius 1 is 1.42 bits per heavy atom. The van der Waals surface area contributed by atoms with Crippen molar-refractivity contribution in [3.05, 3.63) is 35.0 Å². The van der Waals surface area contributed by atoms with Crippen LogP contribution in [0.15, 0.2) is 24.4 Å². The molecule has 2 rings (SSSR count). The zero-order valence-corrected chi connectivity index (χ0v) is 6.89. The molecule has 2 nitrogen and oxygen atoms in total. The number of nitrogens with zero attached hydrogens (tertiary/aromatic N) is 1. The highest BCUT2D eigenvalue weighted by molar-refractivity contribution is 6.35. The van der Waals surface area contributed by atoms with Gasteiger partial charge in [0.25, 0.3) is 0 Å². The summed E-state index contributed by atoms with van der Waals surface area (Å²) in [6.45, 7) is 0. The largest absolute Gasteiger partial charge is 0.360 e. The van der Waals surface area contributed by atoms with Gasteiger partial charge in [-0.2, -0.15) is 5.26 Å². The Labute approximate surface area is 74.4 Å². The molecule has 0 aliphatic carbocycles. The second kappa shape index (κ2) is 2.54. The van der Waals surface area contributed by atoms with E-state index in [4.69, 9.17) is 16.9 Å². The summed E-state index contributed by atoms with van der Waals surface area (Å²) in [7, 11) is 0. The number of halogens is 1. The third-order valence-corrected chi connectivity index (χ3v) is 2.09. The van der Waals surface area contributed by atoms with E-state index in [9.17, 15) is 0 Å². The number of H-pyrrole nitrogens is 1. The van der Waals surface area contributed by atoms with E-state index in [2.05, 4.69) is 11.1 Å². The lowest BCUT2D eigenvalue weighted by Crippen LogP contribution is -1.71. The van der Waals surface area contributed by atoms with Crippen LogP contribution in [0, 0.1) is 11.3 Å². The highest BCUT2D eigenvalue weighted by Crippen LogP contribution is 2.25. The van der Waals surface area contributed by atoms with E-state index in [0.29, 0.717) is 10.6 Å². The average Bonchev–Trinajstić information content (AvgIpc) is 2.49. The van der Waals surface area contributed by atoms with Gasteiger partial charge in [0.1, 0.15) is 6.07 Å². The van der Waals surface area contributed by atoms with Crippen LogP contribution in [-0.4, -0.2) is 4.98 Å². The van der Waals surface area contributed by atoms with Gasteiger partial charge >= 0.3 is 0 Å². The van der Waals surface area contributed by atoms with Crippen LogP contribution in [-0.2, 0) is 0 Å². The maximum atomic E-state index is 8.72. The highest BCUT2D eigenvalue weighted by Gasteiger charge is 2.04. The summed E-state index contributed by atoms with van der Waals surface area (Å²) in [6.07, 6.45) is 1.66. The summed E-state index contributed by atoms with van der Waals surface area (Å²) < 4.78 is 0. The Bertz CT molecular complexity index is 465. The highest BCUT2D eigenvalue weighted by atomic mass is 35.5.